The number of thiazole rings is 1. The van der Waals surface area contributed by atoms with Gasteiger partial charge in [0.1, 0.15) is 0 Å². The number of hydrogen-bond acceptors (Lipinski definition) is 5. The Labute approximate surface area is 99.3 Å². The summed E-state index contributed by atoms with van der Waals surface area (Å²) in [6, 6.07) is 0.393. The van der Waals surface area contributed by atoms with E-state index in [2.05, 4.69) is 23.5 Å². The number of aliphatic hydroxyl groups excluding tert-OH is 1. The predicted molar refractivity (Wildman–Crippen MR) is 67.5 cm³/mol. The fourth-order valence-electron chi connectivity index (χ4n) is 1.36. The molecule has 0 aliphatic carbocycles. The zero-order valence-electron chi connectivity index (χ0n) is 9.14. The van der Waals surface area contributed by atoms with Gasteiger partial charge in [0.15, 0.2) is 0 Å². The number of nitrogens with one attached hydrogen (secondary N) is 1. The minimum Gasteiger partial charge on any atom is -0.395 e. The fraction of sp³-hybridized carbons (Fsp3) is 0.700. The van der Waals surface area contributed by atoms with Crippen molar-refractivity contribution in [3.05, 3.63) is 16.6 Å². The van der Waals surface area contributed by atoms with Crippen molar-refractivity contribution in [1.29, 1.82) is 0 Å². The van der Waals surface area contributed by atoms with Gasteiger partial charge in [-0.3, -0.25) is 0 Å². The van der Waals surface area contributed by atoms with Crippen LogP contribution in [0.2, 0.25) is 0 Å². The predicted octanol–water partition coefficient (Wildman–Crippen LogP) is 1.91. The van der Waals surface area contributed by atoms with Crippen LogP contribution in [-0.2, 0) is 0 Å². The van der Waals surface area contributed by atoms with Crippen LogP contribution in [0.25, 0.3) is 0 Å². The van der Waals surface area contributed by atoms with Crippen molar-refractivity contribution < 1.29 is 5.11 Å². The molecule has 0 aliphatic heterocycles. The van der Waals surface area contributed by atoms with Gasteiger partial charge in [0, 0.05) is 17.5 Å². The zero-order valence-corrected chi connectivity index (χ0v) is 10.8. The quantitative estimate of drug-likeness (QED) is 0.771. The van der Waals surface area contributed by atoms with Gasteiger partial charge in [-0.15, -0.1) is 11.3 Å². The van der Waals surface area contributed by atoms with Crippen LogP contribution < -0.4 is 5.32 Å². The van der Waals surface area contributed by atoms with E-state index in [0.29, 0.717) is 0 Å². The number of aromatic nitrogens is 1. The second-order valence-corrected chi connectivity index (χ2v) is 5.17. The Morgan fingerprint density at radius 2 is 2.47 bits per heavy atom. The topological polar surface area (TPSA) is 45.1 Å². The molecular weight excluding hydrogens is 228 g/mol. The molecule has 0 aliphatic rings. The molecule has 0 bridgehead atoms. The van der Waals surface area contributed by atoms with Crippen molar-refractivity contribution in [2.24, 2.45) is 0 Å². The number of nitrogens with zero attached hydrogens (tertiary/aromatic N) is 1. The van der Waals surface area contributed by atoms with Crippen LogP contribution in [0.3, 0.4) is 0 Å². The summed E-state index contributed by atoms with van der Waals surface area (Å²) in [5.74, 6) is 1.07. The minimum absolute atomic E-state index is 0.175. The summed E-state index contributed by atoms with van der Waals surface area (Å²) in [6.07, 6.45) is 3.07. The van der Waals surface area contributed by atoms with E-state index in [0.717, 1.165) is 17.9 Å². The molecule has 2 N–H and O–H groups in total. The lowest BCUT2D eigenvalue weighted by molar-refractivity contribution is 0.230. The van der Waals surface area contributed by atoms with Crippen LogP contribution in [0.1, 0.15) is 25.1 Å². The SMILES string of the molecule is CSCCC(CO)NC(C)c1cscn1. The summed E-state index contributed by atoms with van der Waals surface area (Å²) in [7, 11) is 0. The molecule has 1 heterocycles. The third-order valence-corrected chi connectivity index (χ3v) is 3.52. The lowest BCUT2D eigenvalue weighted by Crippen LogP contribution is -2.35. The Bertz CT molecular complexity index is 254. The van der Waals surface area contributed by atoms with Crippen molar-refractivity contribution in [1.82, 2.24) is 10.3 Å². The molecule has 0 saturated heterocycles. The molecule has 0 radical (unpaired) electrons. The first-order valence-corrected chi connectivity index (χ1v) is 7.35. The Hall–Kier alpha value is -0.100. The summed E-state index contributed by atoms with van der Waals surface area (Å²) in [5, 5.41) is 14.6. The van der Waals surface area contributed by atoms with E-state index < -0.39 is 0 Å². The van der Waals surface area contributed by atoms with Crippen LogP contribution >= 0.6 is 23.1 Å². The molecule has 1 aromatic rings. The van der Waals surface area contributed by atoms with Crippen molar-refractivity contribution >= 4 is 23.1 Å². The van der Waals surface area contributed by atoms with Gasteiger partial charge in [0.25, 0.3) is 0 Å². The third kappa shape index (κ3) is 4.51. The normalized spacial score (nSPS) is 15.1. The van der Waals surface area contributed by atoms with E-state index in [1.54, 1.807) is 23.1 Å². The highest BCUT2D eigenvalue weighted by atomic mass is 32.2. The largest absolute Gasteiger partial charge is 0.395 e. The van der Waals surface area contributed by atoms with Gasteiger partial charge in [0.2, 0.25) is 0 Å². The average molecular weight is 246 g/mol. The Balaban J connectivity index is 2.37. The lowest BCUT2D eigenvalue weighted by Gasteiger charge is -2.20. The average Bonchev–Trinajstić information content (AvgIpc) is 2.77. The van der Waals surface area contributed by atoms with Crippen LogP contribution in [0, 0.1) is 0 Å². The molecule has 5 heteroatoms. The third-order valence-electron chi connectivity index (χ3n) is 2.27. The first-order chi connectivity index (χ1) is 7.27. The van der Waals surface area contributed by atoms with Crippen LogP contribution in [0.4, 0.5) is 0 Å². The number of thioether (sulfide) groups is 1. The highest BCUT2D eigenvalue weighted by Crippen LogP contribution is 2.13. The molecule has 0 saturated carbocycles. The summed E-state index contributed by atoms with van der Waals surface area (Å²) < 4.78 is 0. The second kappa shape index (κ2) is 7.22. The van der Waals surface area contributed by atoms with E-state index in [1.165, 1.54) is 0 Å². The second-order valence-electron chi connectivity index (χ2n) is 3.46. The Kier molecular flexibility index (Phi) is 6.24. The molecular formula is C10H18N2OS2. The van der Waals surface area contributed by atoms with Crippen LogP contribution in [-0.4, -0.2) is 34.7 Å². The van der Waals surface area contributed by atoms with E-state index in [1.807, 2.05) is 10.9 Å². The molecule has 2 atom stereocenters. The first kappa shape index (κ1) is 13.0. The molecule has 0 spiro atoms. The molecule has 3 nitrogen and oxygen atoms in total. The van der Waals surface area contributed by atoms with Gasteiger partial charge in [-0.05, 0) is 25.4 Å². The van der Waals surface area contributed by atoms with Crippen molar-refractivity contribution in [2.45, 2.75) is 25.4 Å². The number of aliphatic hydroxyl groups is 1. The molecule has 2 unspecified atom stereocenters. The highest BCUT2D eigenvalue weighted by molar-refractivity contribution is 7.98. The van der Waals surface area contributed by atoms with Crippen molar-refractivity contribution in [3.63, 3.8) is 0 Å². The van der Waals surface area contributed by atoms with Gasteiger partial charge in [0.05, 0.1) is 17.8 Å². The van der Waals surface area contributed by atoms with Gasteiger partial charge >= 0.3 is 0 Å². The van der Waals surface area contributed by atoms with E-state index in [-0.39, 0.29) is 18.7 Å². The fourth-order valence-corrected chi connectivity index (χ4v) is 2.53. The van der Waals surface area contributed by atoms with Gasteiger partial charge in [-0.25, -0.2) is 4.98 Å². The maximum atomic E-state index is 9.21. The maximum Gasteiger partial charge on any atom is 0.0795 e. The van der Waals surface area contributed by atoms with Gasteiger partial charge in [-0.2, -0.15) is 11.8 Å². The van der Waals surface area contributed by atoms with E-state index in [9.17, 15) is 5.11 Å². The molecule has 0 amide bonds. The summed E-state index contributed by atoms with van der Waals surface area (Å²) >= 11 is 3.41. The standard InChI is InChI=1S/C10H18N2OS2/c1-8(10-6-15-7-11-10)12-9(5-13)3-4-14-2/h6-9,12-13H,3-5H2,1-2H3. The molecule has 1 aromatic heterocycles. The maximum absolute atomic E-state index is 9.21. The summed E-state index contributed by atoms with van der Waals surface area (Å²) in [5.41, 5.74) is 2.89. The first-order valence-electron chi connectivity index (χ1n) is 5.01. The Morgan fingerprint density at radius 1 is 1.67 bits per heavy atom. The summed E-state index contributed by atoms with van der Waals surface area (Å²) in [4.78, 5) is 4.25. The smallest absolute Gasteiger partial charge is 0.0795 e. The van der Waals surface area contributed by atoms with Gasteiger partial charge in [-0.1, -0.05) is 0 Å². The van der Waals surface area contributed by atoms with Gasteiger partial charge < -0.3 is 10.4 Å². The van der Waals surface area contributed by atoms with Crippen LogP contribution in [0.15, 0.2) is 10.9 Å². The summed E-state index contributed by atoms with van der Waals surface area (Å²) in [6.45, 7) is 2.27. The van der Waals surface area contributed by atoms with Crippen LogP contribution in [0.5, 0.6) is 0 Å². The molecule has 15 heavy (non-hydrogen) atoms. The zero-order chi connectivity index (χ0) is 11.1. The van der Waals surface area contributed by atoms with E-state index in [4.69, 9.17) is 0 Å². The van der Waals surface area contributed by atoms with E-state index >= 15 is 0 Å². The lowest BCUT2D eigenvalue weighted by atomic mass is 10.2. The molecule has 1 rings (SSSR count). The molecule has 86 valence electrons. The molecule has 0 aromatic carbocycles. The number of hydrogen-bond donors (Lipinski definition) is 2. The number of rotatable bonds is 7. The van der Waals surface area contributed by atoms with Crippen molar-refractivity contribution in [3.8, 4) is 0 Å². The molecule has 0 fully saturated rings. The minimum atomic E-state index is 0.175. The van der Waals surface area contributed by atoms with Crippen molar-refractivity contribution in [2.75, 3.05) is 18.6 Å². The monoisotopic (exact) mass is 246 g/mol. The Morgan fingerprint density at radius 3 is 3.00 bits per heavy atom. The highest BCUT2D eigenvalue weighted by Gasteiger charge is 2.13.